The molecule has 21 heavy (non-hydrogen) atoms. The lowest BCUT2D eigenvalue weighted by molar-refractivity contribution is 0.0669. The standard InChI is InChI=1S/C15H20N2O3S/c1-11(2)20-13-5-3-4-12(10-13)14(18)16-15(21)17-6-8-19-9-7-17/h3-5,10-11H,6-9H2,1-2H3,(H,16,18,21). The Balaban J connectivity index is 1.97. The van der Waals surface area contributed by atoms with Crippen LogP contribution in [0.1, 0.15) is 24.2 Å². The van der Waals surface area contributed by atoms with Crippen molar-refractivity contribution in [1.29, 1.82) is 0 Å². The van der Waals surface area contributed by atoms with E-state index in [1.54, 1.807) is 18.2 Å². The summed E-state index contributed by atoms with van der Waals surface area (Å²) in [4.78, 5) is 14.2. The molecule has 0 aliphatic carbocycles. The summed E-state index contributed by atoms with van der Waals surface area (Å²) in [6, 6.07) is 7.09. The molecule has 1 saturated heterocycles. The molecule has 0 unspecified atom stereocenters. The fourth-order valence-electron chi connectivity index (χ4n) is 2.00. The van der Waals surface area contributed by atoms with Gasteiger partial charge in [-0.05, 0) is 44.3 Å². The van der Waals surface area contributed by atoms with Gasteiger partial charge in [-0.2, -0.15) is 0 Å². The SMILES string of the molecule is CC(C)Oc1cccc(C(=O)NC(=S)N2CCOCC2)c1. The van der Waals surface area contributed by atoms with E-state index in [9.17, 15) is 4.79 Å². The van der Waals surface area contributed by atoms with E-state index in [-0.39, 0.29) is 12.0 Å². The van der Waals surface area contributed by atoms with Crippen molar-refractivity contribution >= 4 is 23.2 Å². The largest absolute Gasteiger partial charge is 0.491 e. The lowest BCUT2D eigenvalue weighted by Crippen LogP contribution is -2.47. The van der Waals surface area contributed by atoms with Crippen LogP contribution in [0.4, 0.5) is 0 Å². The van der Waals surface area contributed by atoms with Gasteiger partial charge in [0, 0.05) is 18.7 Å². The van der Waals surface area contributed by atoms with Crippen molar-refractivity contribution in [3.05, 3.63) is 29.8 Å². The average Bonchev–Trinajstić information content (AvgIpc) is 2.47. The number of hydrogen-bond acceptors (Lipinski definition) is 4. The van der Waals surface area contributed by atoms with Crippen LogP contribution in [-0.4, -0.2) is 48.3 Å². The van der Waals surface area contributed by atoms with Crippen LogP contribution in [0, 0.1) is 0 Å². The van der Waals surface area contributed by atoms with Gasteiger partial charge in [-0.15, -0.1) is 0 Å². The van der Waals surface area contributed by atoms with Gasteiger partial charge in [0.1, 0.15) is 5.75 Å². The van der Waals surface area contributed by atoms with Crippen LogP contribution in [0.3, 0.4) is 0 Å². The first kappa shape index (κ1) is 15.7. The molecule has 5 nitrogen and oxygen atoms in total. The molecule has 0 bridgehead atoms. The van der Waals surface area contributed by atoms with Gasteiger partial charge < -0.3 is 14.4 Å². The second-order valence-electron chi connectivity index (χ2n) is 5.05. The number of rotatable bonds is 3. The quantitative estimate of drug-likeness (QED) is 0.863. The third-order valence-electron chi connectivity index (χ3n) is 2.99. The lowest BCUT2D eigenvalue weighted by Gasteiger charge is -2.28. The molecule has 1 aliphatic heterocycles. The maximum Gasteiger partial charge on any atom is 0.257 e. The molecule has 114 valence electrons. The van der Waals surface area contributed by atoms with Gasteiger partial charge in [0.05, 0.1) is 19.3 Å². The minimum absolute atomic E-state index is 0.0673. The van der Waals surface area contributed by atoms with Gasteiger partial charge in [0.25, 0.3) is 5.91 Å². The molecule has 1 aromatic rings. The van der Waals surface area contributed by atoms with Crippen LogP contribution in [0.2, 0.25) is 0 Å². The number of benzene rings is 1. The van der Waals surface area contributed by atoms with Gasteiger partial charge in [-0.1, -0.05) is 6.07 Å². The van der Waals surface area contributed by atoms with Crippen LogP contribution in [0.25, 0.3) is 0 Å². The molecule has 2 rings (SSSR count). The predicted octanol–water partition coefficient (Wildman–Crippen LogP) is 1.82. The molecule has 0 aromatic heterocycles. The van der Waals surface area contributed by atoms with E-state index < -0.39 is 0 Å². The Morgan fingerprint density at radius 2 is 2.10 bits per heavy atom. The summed E-state index contributed by atoms with van der Waals surface area (Å²) in [5, 5.41) is 3.20. The Kier molecular flexibility index (Phi) is 5.52. The topological polar surface area (TPSA) is 50.8 Å². The summed E-state index contributed by atoms with van der Waals surface area (Å²) < 4.78 is 10.8. The highest BCUT2D eigenvalue weighted by Gasteiger charge is 2.16. The number of ether oxygens (including phenoxy) is 2. The highest BCUT2D eigenvalue weighted by Crippen LogP contribution is 2.15. The summed E-state index contributed by atoms with van der Waals surface area (Å²) in [7, 11) is 0. The van der Waals surface area contributed by atoms with E-state index in [2.05, 4.69) is 5.32 Å². The second kappa shape index (κ2) is 7.38. The number of thiocarbonyl (C=S) groups is 1. The Bertz CT molecular complexity index is 513. The Hall–Kier alpha value is -1.66. The van der Waals surface area contributed by atoms with Crippen molar-refractivity contribution < 1.29 is 14.3 Å². The van der Waals surface area contributed by atoms with Crippen molar-refractivity contribution in [1.82, 2.24) is 10.2 Å². The number of hydrogen-bond donors (Lipinski definition) is 1. The maximum atomic E-state index is 12.2. The molecule has 1 amide bonds. The third-order valence-corrected chi connectivity index (χ3v) is 3.35. The molecule has 0 atom stereocenters. The smallest absolute Gasteiger partial charge is 0.257 e. The van der Waals surface area contributed by atoms with Crippen LogP contribution in [0.15, 0.2) is 24.3 Å². The number of carbonyl (C=O) groups is 1. The summed E-state index contributed by atoms with van der Waals surface area (Å²) in [5.74, 6) is 0.454. The van der Waals surface area contributed by atoms with Crippen LogP contribution < -0.4 is 10.1 Å². The number of carbonyl (C=O) groups excluding carboxylic acids is 1. The van der Waals surface area contributed by atoms with Gasteiger partial charge in [-0.3, -0.25) is 10.1 Å². The predicted molar refractivity (Wildman–Crippen MR) is 84.7 cm³/mol. The zero-order valence-corrected chi connectivity index (χ0v) is 13.1. The van der Waals surface area contributed by atoms with Gasteiger partial charge in [-0.25, -0.2) is 0 Å². The highest BCUT2D eigenvalue weighted by atomic mass is 32.1. The molecule has 1 heterocycles. The van der Waals surface area contributed by atoms with Gasteiger partial charge in [0.2, 0.25) is 0 Å². The van der Waals surface area contributed by atoms with E-state index in [1.165, 1.54) is 0 Å². The van der Waals surface area contributed by atoms with E-state index in [0.717, 1.165) is 0 Å². The number of nitrogens with zero attached hydrogens (tertiary/aromatic N) is 1. The number of amides is 1. The maximum absolute atomic E-state index is 12.2. The molecule has 0 spiro atoms. The average molecular weight is 308 g/mol. The van der Waals surface area contributed by atoms with Gasteiger partial charge in [0.15, 0.2) is 5.11 Å². The molecule has 1 aromatic carbocycles. The van der Waals surface area contributed by atoms with Crippen molar-refractivity contribution in [2.75, 3.05) is 26.3 Å². The minimum atomic E-state index is -0.222. The lowest BCUT2D eigenvalue weighted by atomic mass is 10.2. The first-order valence-corrected chi connectivity index (χ1v) is 7.42. The highest BCUT2D eigenvalue weighted by molar-refractivity contribution is 7.80. The zero-order valence-electron chi connectivity index (χ0n) is 12.3. The molecule has 0 saturated carbocycles. The normalized spacial score (nSPS) is 14.9. The number of morpholine rings is 1. The van der Waals surface area contributed by atoms with Crippen molar-refractivity contribution in [3.8, 4) is 5.75 Å². The van der Waals surface area contributed by atoms with Crippen molar-refractivity contribution in [2.45, 2.75) is 20.0 Å². The summed E-state index contributed by atoms with van der Waals surface area (Å²) in [6.07, 6.45) is 0.0673. The van der Waals surface area contributed by atoms with Crippen molar-refractivity contribution in [3.63, 3.8) is 0 Å². The second-order valence-corrected chi connectivity index (χ2v) is 5.44. The molecule has 1 N–H and O–H groups in total. The fourth-order valence-corrected chi connectivity index (χ4v) is 2.27. The van der Waals surface area contributed by atoms with Gasteiger partial charge >= 0.3 is 0 Å². The Morgan fingerprint density at radius 3 is 2.76 bits per heavy atom. The molecule has 6 heteroatoms. The first-order chi connectivity index (χ1) is 10.1. The van der Waals surface area contributed by atoms with E-state index in [0.29, 0.717) is 42.7 Å². The minimum Gasteiger partial charge on any atom is -0.491 e. The molecular weight excluding hydrogens is 288 g/mol. The molecule has 0 radical (unpaired) electrons. The molecular formula is C15H20N2O3S. The number of nitrogens with one attached hydrogen (secondary N) is 1. The first-order valence-electron chi connectivity index (χ1n) is 7.01. The van der Waals surface area contributed by atoms with Crippen LogP contribution >= 0.6 is 12.2 Å². The van der Waals surface area contributed by atoms with E-state index in [1.807, 2.05) is 24.8 Å². The zero-order chi connectivity index (χ0) is 15.2. The van der Waals surface area contributed by atoms with Crippen molar-refractivity contribution in [2.24, 2.45) is 0 Å². The Labute approximate surface area is 130 Å². The third kappa shape index (κ3) is 4.68. The molecule has 1 aliphatic rings. The molecule has 1 fully saturated rings. The van der Waals surface area contributed by atoms with E-state index >= 15 is 0 Å². The summed E-state index contributed by atoms with van der Waals surface area (Å²) in [6.45, 7) is 6.56. The van der Waals surface area contributed by atoms with E-state index in [4.69, 9.17) is 21.7 Å². The van der Waals surface area contributed by atoms with Crippen LogP contribution in [0.5, 0.6) is 5.75 Å². The van der Waals surface area contributed by atoms with Crippen LogP contribution in [-0.2, 0) is 4.74 Å². The fraction of sp³-hybridized carbons (Fsp3) is 0.467. The Morgan fingerprint density at radius 1 is 1.38 bits per heavy atom. The summed E-state index contributed by atoms with van der Waals surface area (Å²) in [5.41, 5.74) is 0.531. The monoisotopic (exact) mass is 308 g/mol. The summed E-state index contributed by atoms with van der Waals surface area (Å²) >= 11 is 5.26.